The first-order chi connectivity index (χ1) is 10.2. The SMILES string of the molecule is Fc1cc2c(cc1I)nc(CCl)n2CCOC1CCCC1. The Hall–Kier alpha value is -0.400. The maximum absolute atomic E-state index is 13.8. The molecular formula is C15H17ClFIN2O. The molecule has 1 saturated carbocycles. The second-order valence-corrected chi connectivity index (χ2v) is 6.78. The van der Waals surface area contributed by atoms with Crippen LogP contribution in [0.2, 0.25) is 0 Å². The maximum atomic E-state index is 13.8. The van der Waals surface area contributed by atoms with Gasteiger partial charge in [-0.15, -0.1) is 11.6 Å². The van der Waals surface area contributed by atoms with Gasteiger partial charge in [0.2, 0.25) is 0 Å². The van der Waals surface area contributed by atoms with Crippen LogP contribution in [-0.4, -0.2) is 22.3 Å². The van der Waals surface area contributed by atoms with Gasteiger partial charge in [0.15, 0.2) is 0 Å². The van der Waals surface area contributed by atoms with E-state index in [1.165, 1.54) is 18.9 Å². The lowest BCUT2D eigenvalue weighted by Gasteiger charge is -2.13. The number of nitrogens with zero attached hydrogens (tertiary/aromatic N) is 2. The van der Waals surface area contributed by atoms with Crippen molar-refractivity contribution in [3.05, 3.63) is 27.3 Å². The molecule has 0 N–H and O–H groups in total. The molecule has 0 radical (unpaired) electrons. The largest absolute Gasteiger partial charge is 0.376 e. The molecule has 0 bridgehead atoms. The van der Waals surface area contributed by atoms with E-state index in [0.29, 0.717) is 28.7 Å². The summed E-state index contributed by atoms with van der Waals surface area (Å²) in [5.41, 5.74) is 1.58. The Morgan fingerprint density at radius 3 is 2.86 bits per heavy atom. The Kier molecular flexibility index (Phi) is 5.01. The first-order valence-electron chi connectivity index (χ1n) is 7.21. The predicted octanol–water partition coefficient (Wildman–Crippen LogP) is 4.48. The summed E-state index contributed by atoms with van der Waals surface area (Å²) in [5.74, 6) is 0.862. The number of aromatic nitrogens is 2. The van der Waals surface area contributed by atoms with Gasteiger partial charge in [-0.05, 0) is 41.5 Å². The lowest BCUT2D eigenvalue weighted by molar-refractivity contribution is 0.0532. The fraction of sp³-hybridized carbons (Fsp3) is 0.533. The normalized spacial score (nSPS) is 16.1. The number of halogens is 3. The van der Waals surface area contributed by atoms with Crippen molar-refractivity contribution in [3.8, 4) is 0 Å². The van der Waals surface area contributed by atoms with E-state index in [-0.39, 0.29) is 5.82 Å². The summed E-state index contributed by atoms with van der Waals surface area (Å²) in [6, 6.07) is 3.30. The first kappa shape index (κ1) is 15.5. The fourth-order valence-electron chi connectivity index (χ4n) is 2.89. The summed E-state index contributed by atoms with van der Waals surface area (Å²) in [6.07, 6.45) is 5.21. The van der Waals surface area contributed by atoms with E-state index < -0.39 is 0 Å². The van der Waals surface area contributed by atoms with Crippen LogP contribution in [0.4, 0.5) is 4.39 Å². The number of rotatable bonds is 5. The minimum absolute atomic E-state index is 0.220. The molecule has 21 heavy (non-hydrogen) atoms. The van der Waals surface area contributed by atoms with E-state index in [1.54, 1.807) is 6.07 Å². The Balaban J connectivity index is 1.80. The molecule has 2 aromatic rings. The van der Waals surface area contributed by atoms with E-state index in [9.17, 15) is 4.39 Å². The van der Waals surface area contributed by atoms with Crippen molar-refractivity contribution in [2.75, 3.05) is 6.61 Å². The average molecular weight is 423 g/mol. The molecule has 0 spiro atoms. The van der Waals surface area contributed by atoms with Crippen molar-refractivity contribution >= 4 is 45.2 Å². The van der Waals surface area contributed by atoms with Crippen molar-refractivity contribution in [2.45, 2.75) is 44.2 Å². The standard InChI is InChI=1S/C15H17ClFIN2O/c16-9-15-19-13-8-12(18)11(17)7-14(13)20(15)5-6-21-10-3-1-2-4-10/h7-8,10H,1-6,9H2. The molecule has 0 atom stereocenters. The summed E-state index contributed by atoms with van der Waals surface area (Å²) in [7, 11) is 0. The van der Waals surface area contributed by atoms with Gasteiger partial charge >= 0.3 is 0 Å². The molecular weight excluding hydrogens is 406 g/mol. The topological polar surface area (TPSA) is 27.1 Å². The molecule has 1 aliphatic rings. The second kappa shape index (κ2) is 6.79. The number of hydrogen-bond donors (Lipinski definition) is 0. The van der Waals surface area contributed by atoms with Gasteiger partial charge in [-0.1, -0.05) is 12.8 Å². The van der Waals surface area contributed by atoms with E-state index in [2.05, 4.69) is 4.98 Å². The van der Waals surface area contributed by atoms with Crippen LogP contribution in [0.15, 0.2) is 12.1 Å². The smallest absolute Gasteiger partial charge is 0.138 e. The Morgan fingerprint density at radius 1 is 1.38 bits per heavy atom. The van der Waals surface area contributed by atoms with Gasteiger partial charge in [-0.3, -0.25) is 0 Å². The highest BCUT2D eigenvalue weighted by molar-refractivity contribution is 14.1. The van der Waals surface area contributed by atoms with E-state index in [4.69, 9.17) is 16.3 Å². The number of hydrogen-bond acceptors (Lipinski definition) is 2. The highest BCUT2D eigenvalue weighted by Gasteiger charge is 2.16. The van der Waals surface area contributed by atoms with Gasteiger partial charge in [-0.25, -0.2) is 9.37 Å². The lowest BCUT2D eigenvalue weighted by Crippen LogP contribution is -2.14. The van der Waals surface area contributed by atoms with Gasteiger partial charge in [0, 0.05) is 12.6 Å². The van der Waals surface area contributed by atoms with Gasteiger partial charge < -0.3 is 9.30 Å². The molecule has 0 amide bonds. The zero-order valence-electron chi connectivity index (χ0n) is 11.6. The lowest BCUT2D eigenvalue weighted by atomic mass is 10.3. The number of ether oxygens (including phenoxy) is 1. The van der Waals surface area contributed by atoms with Crippen molar-refractivity contribution in [1.82, 2.24) is 9.55 Å². The zero-order chi connectivity index (χ0) is 14.8. The van der Waals surface area contributed by atoms with Gasteiger partial charge in [0.25, 0.3) is 0 Å². The molecule has 1 aliphatic carbocycles. The molecule has 0 unspecified atom stereocenters. The number of imidazole rings is 1. The van der Waals surface area contributed by atoms with Crippen LogP contribution in [0.1, 0.15) is 31.5 Å². The van der Waals surface area contributed by atoms with Crippen LogP contribution < -0.4 is 0 Å². The number of alkyl halides is 1. The van der Waals surface area contributed by atoms with Crippen LogP contribution in [0.3, 0.4) is 0 Å². The molecule has 6 heteroatoms. The summed E-state index contributed by atoms with van der Waals surface area (Å²) in [6.45, 7) is 1.28. The summed E-state index contributed by atoms with van der Waals surface area (Å²) in [5, 5.41) is 0. The number of fused-ring (bicyclic) bond motifs is 1. The third-order valence-corrected chi connectivity index (χ3v) is 5.03. The highest BCUT2D eigenvalue weighted by atomic mass is 127. The van der Waals surface area contributed by atoms with Crippen molar-refractivity contribution in [3.63, 3.8) is 0 Å². The Morgan fingerprint density at radius 2 is 2.14 bits per heavy atom. The molecule has 3 nitrogen and oxygen atoms in total. The average Bonchev–Trinajstić information content (AvgIpc) is 3.08. The third-order valence-electron chi connectivity index (χ3n) is 3.96. The quantitative estimate of drug-likeness (QED) is 0.525. The van der Waals surface area contributed by atoms with Crippen molar-refractivity contribution in [1.29, 1.82) is 0 Å². The Bertz CT molecular complexity index is 640. The molecule has 0 saturated heterocycles. The van der Waals surface area contributed by atoms with Crippen LogP contribution >= 0.6 is 34.2 Å². The minimum Gasteiger partial charge on any atom is -0.376 e. The molecule has 3 rings (SSSR count). The van der Waals surface area contributed by atoms with Gasteiger partial charge in [0.1, 0.15) is 11.6 Å². The minimum atomic E-state index is -0.220. The Labute approximate surface area is 142 Å². The summed E-state index contributed by atoms with van der Waals surface area (Å²) in [4.78, 5) is 4.49. The highest BCUT2D eigenvalue weighted by Crippen LogP contribution is 2.24. The van der Waals surface area contributed by atoms with Crippen LogP contribution in [0.25, 0.3) is 11.0 Å². The van der Waals surface area contributed by atoms with Crippen molar-refractivity contribution < 1.29 is 9.13 Å². The summed E-state index contributed by atoms with van der Waals surface area (Å²) < 4.78 is 22.2. The molecule has 1 aromatic heterocycles. The monoisotopic (exact) mass is 422 g/mol. The maximum Gasteiger partial charge on any atom is 0.138 e. The molecule has 1 aromatic carbocycles. The predicted molar refractivity (Wildman–Crippen MR) is 90.2 cm³/mol. The van der Waals surface area contributed by atoms with Gasteiger partial charge in [-0.2, -0.15) is 0 Å². The third kappa shape index (κ3) is 3.35. The van der Waals surface area contributed by atoms with Crippen LogP contribution in [0, 0.1) is 9.39 Å². The summed E-state index contributed by atoms with van der Waals surface area (Å²) >= 11 is 7.95. The number of benzene rings is 1. The van der Waals surface area contributed by atoms with E-state index >= 15 is 0 Å². The van der Waals surface area contributed by atoms with Gasteiger partial charge in [0.05, 0.1) is 33.2 Å². The first-order valence-corrected chi connectivity index (χ1v) is 8.82. The molecule has 1 fully saturated rings. The van der Waals surface area contributed by atoms with Crippen LogP contribution in [-0.2, 0) is 17.2 Å². The molecule has 1 heterocycles. The zero-order valence-corrected chi connectivity index (χ0v) is 14.5. The van der Waals surface area contributed by atoms with Crippen molar-refractivity contribution in [2.24, 2.45) is 0 Å². The van der Waals surface area contributed by atoms with E-state index in [0.717, 1.165) is 29.7 Å². The van der Waals surface area contributed by atoms with E-state index in [1.807, 2.05) is 27.2 Å². The molecule has 114 valence electrons. The van der Waals surface area contributed by atoms with Crippen LogP contribution in [0.5, 0.6) is 0 Å². The fourth-order valence-corrected chi connectivity index (χ4v) is 3.54. The molecule has 0 aliphatic heterocycles. The second-order valence-electron chi connectivity index (χ2n) is 5.35.